The van der Waals surface area contributed by atoms with Crippen molar-refractivity contribution in [1.29, 1.82) is 0 Å². The second kappa shape index (κ2) is 4.18. The van der Waals surface area contributed by atoms with E-state index in [-0.39, 0.29) is 0 Å². The maximum atomic E-state index is 2.45. The fourth-order valence-corrected chi connectivity index (χ4v) is 3.35. The van der Waals surface area contributed by atoms with Crippen LogP contribution in [0.25, 0.3) is 10.8 Å². The zero-order valence-electron chi connectivity index (χ0n) is 10.6. The van der Waals surface area contributed by atoms with Gasteiger partial charge in [-0.3, -0.25) is 0 Å². The molecule has 0 aromatic heterocycles. The van der Waals surface area contributed by atoms with Gasteiger partial charge in [0.25, 0.3) is 0 Å². The highest BCUT2D eigenvalue weighted by molar-refractivity contribution is 5.86. The van der Waals surface area contributed by atoms with Crippen molar-refractivity contribution in [2.24, 2.45) is 0 Å². The largest absolute Gasteiger partial charge is 0.0616 e. The first-order chi connectivity index (χ1) is 8.30. The monoisotopic (exact) mass is 224 g/mol. The molecule has 1 fully saturated rings. The first-order valence-corrected chi connectivity index (χ1v) is 6.78. The van der Waals surface area contributed by atoms with Gasteiger partial charge in [-0.1, -0.05) is 68.7 Å². The SMILES string of the molecule is CC1(c2cccc3ccccc23)CCCCC1. The first-order valence-electron chi connectivity index (χ1n) is 6.78. The molecule has 3 rings (SSSR count). The van der Waals surface area contributed by atoms with Crippen LogP contribution in [0, 0.1) is 0 Å². The summed E-state index contributed by atoms with van der Waals surface area (Å²) in [7, 11) is 0. The molecule has 1 aliphatic rings. The summed E-state index contributed by atoms with van der Waals surface area (Å²) in [6.07, 6.45) is 6.89. The predicted octanol–water partition coefficient (Wildman–Crippen LogP) is 5.06. The van der Waals surface area contributed by atoms with Crippen molar-refractivity contribution in [3.63, 3.8) is 0 Å². The van der Waals surface area contributed by atoms with Crippen molar-refractivity contribution in [1.82, 2.24) is 0 Å². The van der Waals surface area contributed by atoms with Crippen molar-refractivity contribution in [3.8, 4) is 0 Å². The van der Waals surface area contributed by atoms with Crippen LogP contribution in [0.3, 0.4) is 0 Å². The van der Waals surface area contributed by atoms with Gasteiger partial charge in [0.1, 0.15) is 0 Å². The molecule has 0 radical (unpaired) electrons. The Morgan fingerprint density at radius 2 is 1.53 bits per heavy atom. The number of benzene rings is 2. The molecule has 0 atom stereocenters. The van der Waals surface area contributed by atoms with Crippen LogP contribution in [0.2, 0.25) is 0 Å². The molecule has 0 amide bonds. The molecule has 0 unspecified atom stereocenters. The van der Waals surface area contributed by atoms with E-state index in [1.807, 2.05) is 0 Å². The maximum absolute atomic E-state index is 2.45. The van der Waals surface area contributed by atoms with E-state index in [9.17, 15) is 0 Å². The lowest BCUT2D eigenvalue weighted by Gasteiger charge is -2.35. The summed E-state index contributed by atoms with van der Waals surface area (Å²) in [5, 5.41) is 2.84. The number of hydrogen-bond acceptors (Lipinski definition) is 0. The molecule has 2 aromatic rings. The zero-order valence-corrected chi connectivity index (χ0v) is 10.6. The Kier molecular flexibility index (Phi) is 2.66. The van der Waals surface area contributed by atoms with Gasteiger partial charge in [0, 0.05) is 0 Å². The maximum Gasteiger partial charge on any atom is -0.00691 e. The van der Waals surface area contributed by atoms with Crippen molar-refractivity contribution in [2.45, 2.75) is 44.4 Å². The van der Waals surface area contributed by atoms with Gasteiger partial charge in [0.2, 0.25) is 0 Å². The molecule has 2 aromatic carbocycles. The van der Waals surface area contributed by atoms with Gasteiger partial charge < -0.3 is 0 Å². The highest BCUT2D eigenvalue weighted by Gasteiger charge is 2.29. The lowest BCUT2D eigenvalue weighted by Crippen LogP contribution is -2.25. The van der Waals surface area contributed by atoms with Crippen LogP contribution in [-0.2, 0) is 5.41 Å². The van der Waals surface area contributed by atoms with Gasteiger partial charge in [0.05, 0.1) is 0 Å². The number of hydrogen-bond donors (Lipinski definition) is 0. The Balaban J connectivity index is 2.16. The highest BCUT2D eigenvalue weighted by Crippen LogP contribution is 2.41. The molecule has 0 heteroatoms. The number of fused-ring (bicyclic) bond motifs is 1. The molecule has 17 heavy (non-hydrogen) atoms. The van der Waals surface area contributed by atoms with E-state index < -0.39 is 0 Å². The van der Waals surface area contributed by atoms with Gasteiger partial charge in [-0.25, -0.2) is 0 Å². The van der Waals surface area contributed by atoms with Crippen molar-refractivity contribution in [2.75, 3.05) is 0 Å². The third-order valence-electron chi connectivity index (χ3n) is 4.40. The third-order valence-corrected chi connectivity index (χ3v) is 4.40. The second-order valence-corrected chi connectivity index (χ2v) is 5.65. The minimum atomic E-state index is 0.402. The Morgan fingerprint density at radius 1 is 0.824 bits per heavy atom. The van der Waals surface area contributed by atoms with Crippen molar-refractivity contribution in [3.05, 3.63) is 48.0 Å². The topological polar surface area (TPSA) is 0 Å². The van der Waals surface area contributed by atoms with E-state index in [0.717, 1.165) is 0 Å². The lowest BCUT2D eigenvalue weighted by atomic mass is 9.70. The van der Waals surface area contributed by atoms with Crippen molar-refractivity contribution < 1.29 is 0 Å². The first kappa shape index (κ1) is 10.8. The second-order valence-electron chi connectivity index (χ2n) is 5.65. The van der Waals surface area contributed by atoms with Crippen LogP contribution in [0.1, 0.15) is 44.6 Å². The van der Waals surface area contributed by atoms with Gasteiger partial charge in [0.15, 0.2) is 0 Å². The Hall–Kier alpha value is -1.30. The van der Waals surface area contributed by atoms with Crippen LogP contribution in [-0.4, -0.2) is 0 Å². The molecular formula is C17H20. The molecule has 0 nitrogen and oxygen atoms in total. The summed E-state index contributed by atoms with van der Waals surface area (Å²) in [6, 6.07) is 15.6. The van der Waals surface area contributed by atoms with Gasteiger partial charge in [-0.15, -0.1) is 0 Å². The Labute approximate surface area is 104 Å². The van der Waals surface area contributed by atoms with Gasteiger partial charge in [-0.05, 0) is 34.6 Å². The smallest absolute Gasteiger partial charge is 0.00691 e. The van der Waals surface area contributed by atoms with E-state index in [1.165, 1.54) is 42.9 Å². The van der Waals surface area contributed by atoms with Crippen LogP contribution < -0.4 is 0 Å². The molecule has 88 valence electrons. The fraction of sp³-hybridized carbons (Fsp3) is 0.412. The van der Waals surface area contributed by atoms with E-state index in [1.54, 1.807) is 5.56 Å². The molecule has 1 aliphatic carbocycles. The van der Waals surface area contributed by atoms with Crippen molar-refractivity contribution >= 4 is 10.8 Å². The van der Waals surface area contributed by atoms with Crippen LogP contribution in [0.15, 0.2) is 42.5 Å². The summed E-state index contributed by atoms with van der Waals surface area (Å²) < 4.78 is 0. The minimum absolute atomic E-state index is 0.402. The quantitative estimate of drug-likeness (QED) is 0.635. The van der Waals surface area contributed by atoms with Crippen LogP contribution in [0.4, 0.5) is 0 Å². The average Bonchev–Trinajstić information content (AvgIpc) is 2.39. The normalized spacial score (nSPS) is 19.4. The van der Waals surface area contributed by atoms with Crippen LogP contribution in [0.5, 0.6) is 0 Å². The molecule has 0 spiro atoms. The molecule has 0 heterocycles. The Morgan fingerprint density at radius 3 is 2.35 bits per heavy atom. The summed E-state index contributed by atoms with van der Waals surface area (Å²) in [6.45, 7) is 2.45. The minimum Gasteiger partial charge on any atom is -0.0616 e. The molecular weight excluding hydrogens is 204 g/mol. The van der Waals surface area contributed by atoms with E-state index in [4.69, 9.17) is 0 Å². The van der Waals surface area contributed by atoms with Gasteiger partial charge >= 0.3 is 0 Å². The fourth-order valence-electron chi connectivity index (χ4n) is 3.35. The molecule has 0 N–H and O–H groups in total. The lowest BCUT2D eigenvalue weighted by molar-refractivity contribution is 0.322. The van der Waals surface area contributed by atoms with E-state index >= 15 is 0 Å². The molecule has 0 aliphatic heterocycles. The average molecular weight is 224 g/mol. The molecule has 0 bridgehead atoms. The summed E-state index contributed by atoms with van der Waals surface area (Å²) in [4.78, 5) is 0. The highest BCUT2D eigenvalue weighted by atomic mass is 14.3. The van der Waals surface area contributed by atoms with Gasteiger partial charge in [-0.2, -0.15) is 0 Å². The van der Waals surface area contributed by atoms with E-state index in [2.05, 4.69) is 49.4 Å². The van der Waals surface area contributed by atoms with Crippen LogP contribution >= 0.6 is 0 Å². The molecule has 1 saturated carbocycles. The standard InChI is InChI=1S/C17H20/c1-17(12-5-2-6-13-17)16-11-7-9-14-8-3-4-10-15(14)16/h3-4,7-11H,2,5-6,12-13H2,1H3. The summed E-state index contributed by atoms with van der Waals surface area (Å²) in [5.74, 6) is 0. The molecule has 0 saturated heterocycles. The summed E-state index contributed by atoms with van der Waals surface area (Å²) in [5.41, 5.74) is 1.97. The zero-order chi connectivity index (χ0) is 11.7. The predicted molar refractivity (Wildman–Crippen MR) is 74.4 cm³/mol. The summed E-state index contributed by atoms with van der Waals surface area (Å²) >= 11 is 0. The number of rotatable bonds is 1. The third kappa shape index (κ3) is 1.86. The van der Waals surface area contributed by atoms with E-state index in [0.29, 0.717) is 5.41 Å². The Bertz CT molecular complexity index is 513.